The Morgan fingerprint density at radius 3 is 1.09 bits per heavy atom. The molecule has 0 radical (unpaired) electrons. The predicted molar refractivity (Wildman–Crippen MR) is 25.1 cm³/mol. The van der Waals surface area contributed by atoms with Crippen LogP contribution in [0.1, 0.15) is 0 Å². The molecule has 42 valence electrons. The minimum absolute atomic E-state index is 0. The van der Waals surface area contributed by atoms with E-state index >= 15 is 0 Å². The van der Waals surface area contributed by atoms with Gasteiger partial charge in [-0.05, 0) is 0 Å². The second-order valence-corrected chi connectivity index (χ2v) is 0.575. The van der Waals surface area contributed by atoms with E-state index in [1.165, 1.54) is 0 Å². The van der Waals surface area contributed by atoms with E-state index in [4.69, 9.17) is 19.8 Å². The summed E-state index contributed by atoms with van der Waals surface area (Å²) >= 11 is 0. The SMILES string of the molecule is O.O=C([O-])C(=O)[O-].[Al+3].[Ca+2].[K+].[Na+]. The van der Waals surface area contributed by atoms with Crippen LogP contribution in [0, 0.1) is 0 Å². The fourth-order valence-electron chi connectivity index (χ4n) is 0. The number of carboxylic acids is 2. The van der Waals surface area contributed by atoms with Crippen molar-refractivity contribution in [1.29, 1.82) is 0 Å². The van der Waals surface area contributed by atoms with Crippen molar-refractivity contribution < 1.29 is 106 Å². The van der Waals surface area contributed by atoms with Crippen molar-refractivity contribution in [3.05, 3.63) is 0 Å². The predicted octanol–water partition coefficient (Wildman–Crippen LogP) is -11.1. The van der Waals surface area contributed by atoms with Gasteiger partial charge in [0.15, 0.2) is 0 Å². The zero-order valence-electron chi connectivity index (χ0n) is 6.42. The van der Waals surface area contributed by atoms with Crippen LogP contribution in [-0.4, -0.2) is 72.5 Å². The Labute approximate surface area is 169 Å². The second kappa shape index (κ2) is 23.3. The summed E-state index contributed by atoms with van der Waals surface area (Å²) < 4.78 is 0. The Bertz CT molecular complexity index is 90.5. The van der Waals surface area contributed by atoms with E-state index in [0.29, 0.717) is 0 Å². The number of carboxylic acid groups (broad SMARTS) is 2. The van der Waals surface area contributed by atoms with Crippen LogP contribution in [0.3, 0.4) is 0 Å². The third-order valence-corrected chi connectivity index (χ3v) is 0.167. The Kier molecular flexibility index (Phi) is 77.7. The van der Waals surface area contributed by atoms with Crippen molar-refractivity contribution >= 4 is 67.0 Å². The molecule has 0 spiro atoms. The third-order valence-electron chi connectivity index (χ3n) is 0.167. The van der Waals surface area contributed by atoms with E-state index < -0.39 is 11.9 Å². The summed E-state index contributed by atoms with van der Waals surface area (Å²) in [5.74, 6) is -4.37. The first-order valence-corrected chi connectivity index (χ1v) is 1.07. The van der Waals surface area contributed by atoms with Gasteiger partial charge in [-0.25, -0.2) is 0 Å². The molecule has 0 bridgehead atoms. The summed E-state index contributed by atoms with van der Waals surface area (Å²) in [6.45, 7) is 0. The molecule has 0 saturated heterocycles. The van der Waals surface area contributed by atoms with Gasteiger partial charge < -0.3 is 25.3 Å². The molecule has 0 aromatic heterocycles. The van der Waals surface area contributed by atoms with Gasteiger partial charge in [0.1, 0.15) is 0 Å². The summed E-state index contributed by atoms with van der Waals surface area (Å²) in [5.41, 5.74) is 0. The molecule has 2 N–H and O–H groups in total. The fourth-order valence-corrected chi connectivity index (χ4v) is 0. The molecule has 0 fully saturated rings. The van der Waals surface area contributed by atoms with E-state index in [9.17, 15) is 0 Å². The number of rotatable bonds is 0. The largest absolute Gasteiger partial charge is 3.00 e. The minimum Gasteiger partial charge on any atom is -0.543 e. The molecule has 5 nitrogen and oxygen atoms in total. The first kappa shape index (κ1) is 36.7. The maximum absolute atomic E-state index is 8.93. The number of hydrogen-bond acceptors (Lipinski definition) is 4. The first-order chi connectivity index (χ1) is 2.64. The molecule has 0 unspecified atom stereocenters. The zero-order valence-corrected chi connectivity index (χ0v) is 14.9. The Balaban J connectivity index is -0.0000000125. The molecule has 0 aliphatic rings. The fraction of sp³-hybridized carbons (Fsp3) is 0. The summed E-state index contributed by atoms with van der Waals surface area (Å²) in [6.07, 6.45) is 0. The van der Waals surface area contributed by atoms with Gasteiger partial charge in [0, 0.05) is 0 Å². The number of hydrogen-bond donors (Lipinski definition) is 0. The van der Waals surface area contributed by atoms with Crippen molar-refractivity contribution in [2.75, 3.05) is 0 Å². The van der Waals surface area contributed by atoms with Crippen molar-refractivity contribution in [3.8, 4) is 0 Å². The van der Waals surface area contributed by atoms with Crippen molar-refractivity contribution in [2.45, 2.75) is 0 Å². The minimum atomic E-state index is -2.19. The van der Waals surface area contributed by atoms with Crippen LogP contribution in [-0.2, 0) is 9.59 Å². The second-order valence-electron chi connectivity index (χ2n) is 0.575. The molecule has 0 saturated carbocycles. The van der Waals surface area contributed by atoms with Gasteiger partial charge in [-0.2, -0.15) is 0 Å². The molecular weight excluding hydrogens is 233 g/mol. The molecule has 0 amide bonds. The molecular formula is C2H2AlCaKNaO5+5. The summed E-state index contributed by atoms with van der Waals surface area (Å²) in [4.78, 5) is 17.9. The van der Waals surface area contributed by atoms with Crippen LogP contribution in [0.15, 0.2) is 0 Å². The summed E-state index contributed by atoms with van der Waals surface area (Å²) in [7, 11) is 0. The van der Waals surface area contributed by atoms with Gasteiger partial charge in [0.05, 0.1) is 11.9 Å². The number of aliphatic carboxylic acids is 2. The molecule has 11 heavy (non-hydrogen) atoms. The quantitative estimate of drug-likeness (QED) is 0.306. The molecule has 0 aromatic rings. The smallest absolute Gasteiger partial charge is 0.543 e. The molecule has 0 heterocycles. The normalized spacial score (nSPS) is 4.00. The van der Waals surface area contributed by atoms with Gasteiger partial charge in [-0.1, -0.05) is 0 Å². The monoisotopic (exact) mass is 235 g/mol. The van der Waals surface area contributed by atoms with Crippen molar-refractivity contribution in [3.63, 3.8) is 0 Å². The molecule has 0 aliphatic carbocycles. The average Bonchev–Trinajstić information content (AvgIpc) is 1.36. The van der Waals surface area contributed by atoms with E-state index in [1.807, 2.05) is 0 Å². The van der Waals surface area contributed by atoms with Gasteiger partial charge in [-0.3, -0.25) is 0 Å². The maximum atomic E-state index is 8.93. The first-order valence-electron chi connectivity index (χ1n) is 1.07. The van der Waals surface area contributed by atoms with Crippen LogP contribution in [0.5, 0.6) is 0 Å². The standard InChI is InChI=1S/C2H2O4.Al.Ca.K.Na.H2O/c3-1(4)2(5)6;;;;;/h(H,3,4)(H,5,6);;;;;1H2/q;+3;+2;2*+1;/p-2. The molecule has 9 heteroatoms. The van der Waals surface area contributed by atoms with E-state index in [-0.39, 0.29) is 142 Å². The third kappa shape index (κ3) is 31.8. The number of carbonyl (C=O) groups is 2. The Morgan fingerprint density at radius 1 is 1.00 bits per heavy atom. The average molecular weight is 235 g/mol. The molecule has 0 aliphatic heterocycles. The number of carbonyl (C=O) groups excluding carboxylic acids is 2. The van der Waals surface area contributed by atoms with Crippen molar-refractivity contribution in [2.24, 2.45) is 0 Å². The van der Waals surface area contributed by atoms with Gasteiger partial charge in [-0.15, -0.1) is 0 Å². The topological polar surface area (TPSA) is 112 Å². The van der Waals surface area contributed by atoms with Crippen LogP contribution < -0.4 is 91.2 Å². The summed E-state index contributed by atoms with van der Waals surface area (Å²) in [6, 6.07) is 0. The maximum Gasteiger partial charge on any atom is 3.00 e. The van der Waals surface area contributed by atoms with E-state index in [1.54, 1.807) is 0 Å². The van der Waals surface area contributed by atoms with Gasteiger partial charge in [0.25, 0.3) is 0 Å². The molecule has 0 atom stereocenters. The van der Waals surface area contributed by atoms with Crippen LogP contribution >= 0.6 is 0 Å². The molecule has 0 aromatic carbocycles. The zero-order chi connectivity index (χ0) is 5.15. The summed E-state index contributed by atoms with van der Waals surface area (Å²) in [5, 5.41) is 17.9. The van der Waals surface area contributed by atoms with E-state index in [2.05, 4.69) is 0 Å². The Hall–Kier alpha value is 3.33. The van der Waals surface area contributed by atoms with Gasteiger partial charge in [0.2, 0.25) is 0 Å². The Morgan fingerprint density at radius 2 is 1.09 bits per heavy atom. The molecule has 0 rings (SSSR count). The van der Waals surface area contributed by atoms with Gasteiger partial charge >= 0.3 is 136 Å². The van der Waals surface area contributed by atoms with Crippen LogP contribution in [0.25, 0.3) is 0 Å². The van der Waals surface area contributed by atoms with Crippen LogP contribution in [0.2, 0.25) is 0 Å². The van der Waals surface area contributed by atoms with Crippen molar-refractivity contribution in [1.82, 2.24) is 0 Å². The van der Waals surface area contributed by atoms with E-state index in [0.717, 1.165) is 0 Å². The van der Waals surface area contributed by atoms with Crippen LogP contribution in [0.4, 0.5) is 0 Å².